The molecule has 2 aromatic rings. The van der Waals surface area contributed by atoms with Gasteiger partial charge in [0.15, 0.2) is 0 Å². The maximum absolute atomic E-state index is 12.4. The number of aryl methyl sites for hydroxylation is 1. The average molecular weight is 486 g/mol. The molecule has 10 heteroatoms. The topological polar surface area (TPSA) is 117 Å². The van der Waals surface area contributed by atoms with Gasteiger partial charge in [0.2, 0.25) is 11.8 Å². The van der Waals surface area contributed by atoms with E-state index in [0.717, 1.165) is 29.4 Å². The SMILES string of the molecule is Cn1nc(C2CCC(=O)NC2=O)c2ccc(N(CCO)C3CCN(C(=O)OC(C)(C)C)CC3)cc21. The standard InChI is InChI=1S/C25H35N5O5/c1-25(2,3)35-24(34)29-11-9-16(10-12-29)30(13-14-31)17-5-6-18-20(15-17)28(4)27-22(18)19-7-8-21(32)26-23(19)33/h5-6,15-16,19,31H,7-14H2,1-4H3,(H,26,32,33). The van der Waals surface area contributed by atoms with Crippen molar-refractivity contribution in [3.63, 3.8) is 0 Å². The normalized spacial score (nSPS) is 19.7. The van der Waals surface area contributed by atoms with Crippen LogP contribution in [0.2, 0.25) is 0 Å². The molecular weight excluding hydrogens is 450 g/mol. The quantitative estimate of drug-likeness (QED) is 0.624. The summed E-state index contributed by atoms with van der Waals surface area (Å²) in [6.45, 7) is 7.25. The Morgan fingerprint density at radius 3 is 2.57 bits per heavy atom. The maximum atomic E-state index is 12.4. The van der Waals surface area contributed by atoms with Crippen LogP contribution >= 0.6 is 0 Å². The summed E-state index contributed by atoms with van der Waals surface area (Å²) in [4.78, 5) is 40.3. The van der Waals surface area contributed by atoms with Gasteiger partial charge in [0.1, 0.15) is 5.60 Å². The zero-order valence-electron chi connectivity index (χ0n) is 20.9. The largest absolute Gasteiger partial charge is 0.444 e. The molecule has 35 heavy (non-hydrogen) atoms. The maximum Gasteiger partial charge on any atom is 0.410 e. The number of piperidine rings is 2. The van der Waals surface area contributed by atoms with Crippen LogP contribution in [0.3, 0.4) is 0 Å². The second-order valence-electron chi connectivity index (χ2n) is 10.3. The fourth-order valence-corrected chi connectivity index (χ4v) is 4.98. The number of carbonyl (C=O) groups excluding carboxylic acids is 3. The van der Waals surface area contributed by atoms with Crippen LogP contribution in [0, 0.1) is 0 Å². The Morgan fingerprint density at radius 1 is 1.23 bits per heavy atom. The molecule has 3 amide bonds. The first-order chi connectivity index (χ1) is 16.6. The van der Waals surface area contributed by atoms with Gasteiger partial charge < -0.3 is 19.6 Å². The number of nitrogens with zero attached hydrogens (tertiary/aromatic N) is 4. The molecule has 0 aliphatic carbocycles. The summed E-state index contributed by atoms with van der Waals surface area (Å²) in [5.74, 6) is -0.997. The van der Waals surface area contributed by atoms with E-state index in [1.54, 1.807) is 9.58 Å². The smallest absolute Gasteiger partial charge is 0.410 e. The Bertz CT molecular complexity index is 1110. The molecule has 4 rings (SSSR count). The predicted molar refractivity (Wildman–Crippen MR) is 131 cm³/mol. The summed E-state index contributed by atoms with van der Waals surface area (Å²) in [7, 11) is 1.84. The monoisotopic (exact) mass is 485 g/mol. The Hall–Kier alpha value is -3.14. The van der Waals surface area contributed by atoms with Gasteiger partial charge in [0.05, 0.1) is 23.7 Å². The molecule has 2 saturated heterocycles. The van der Waals surface area contributed by atoms with E-state index >= 15 is 0 Å². The lowest BCUT2D eigenvalue weighted by molar-refractivity contribution is -0.134. The van der Waals surface area contributed by atoms with Crippen molar-refractivity contribution >= 4 is 34.5 Å². The third-order valence-corrected chi connectivity index (χ3v) is 6.66. The molecule has 10 nitrogen and oxygen atoms in total. The summed E-state index contributed by atoms with van der Waals surface area (Å²) in [6.07, 6.45) is 2.00. The number of hydrogen-bond donors (Lipinski definition) is 2. The van der Waals surface area contributed by atoms with Gasteiger partial charge in [-0.05, 0) is 58.2 Å². The number of aromatic nitrogens is 2. The number of fused-ring (bicyclic) bond motifs is 1. The van der Waals surface area contributed by atoms with Crippen LogP contribution in [-0.4, -0.2) is 75.6 Å². The van der Waals surface area contributed by atoms with Crippen LogP contribution in [0.15, 0.2) is 18.2 Å². The van der Waals surface area contributed by atoms with Gasteiger partial charge in [0, 0.05) is 50.2 Å². The zero-order chi connectivity index (χ0) is 25.3. The van der Waals surface area contributed by atoms with Crippen LogP contribution in [0.5, 0.6) is 0 Å². The number of imide groups is 1. The lowest BCUT2D eigenvalue weighted by Gasteiger charge is -2.40. The summed E-state index contributed by atoms with van der Waals surface area (Å²) in [6, 6.07) is 6.17. The summed E-state index contributed by atoms with van der Waals surface area (Å²) < 4.78 is 7.27. The highest BCUT2D eigenvalue weighted by Gasteiger charge is 2.33. The molecule has 2 aliphatic rings. The van der Waals surface area contributed by atoms with Gasteiger partial charge in [0.25, 0.3) is 0 Å². The van der Waals surface area contributed by atoms with E-state index in [1.165, 1.54) is 0 Å². The molecule has 1 atom stereocenters. The van der Waals surface area contributed by atoms with Gasteiger partial charge in [-0.15, -0.1) is 0 Å². The minimum atomic E-state index is -0.526. The zero-order valence-corrected chi connectivity index (χ0v) is 20.9. The van der Waals surface area contributed by atoms with Gasteiger partial charge in [-0.25, -0.2) is 4.79 Å². The average Bonchev–Trinajstić information content (AvgIpc) is 3.12. The van der Waals surface area contributed by atoms with Gasteiger partial charge in [-0.1, -0.05) is 0 Å². The van der Waals surface area contributed by atoms with Crippen LogP contribution in [0.4, 0.5) is 10.5 Å². The van der Waals surface area contributed by atoms with E-state index in [0.29, 0.717) is 38.2 Å². The molecular formula is C25H35N5O5. The first kappa shape index (κ1) is 25.0. The minimum Gasteiger partial charge on any atom is -0.444 e. The van der Waals surface area contributed by atoms with Crippen LogP contribution < -0.4 is 10.2 Å². The molecule has 3 heterocycles. The molecule has 190 valence electrons. The lowest BCUT2D eigenvalue weighted by atomic mass is 9.92. The molecule has 1 aromatic heterocycles. The fourth-order valence-electron chi connectivity index (χ4n) is 4.98. The number of ether oxygens (including phenoxy) is 1. The van der Waals surface area contributed by atoms with Gasteiger partial charge in [-0.3, -0.25) is 19.6 Å². The minimum absolute atomic E-state index is 0.0111. The Labute approximate surface area is 205 Å². The van der Waals surface area contributed by atoms with Gasteiger partial charge >= 0.3 is 6.09 Å². The number of nitrogens with one attached hydrogen (secondary N) is 1. The van der Waals surface area contributed by atoms with Crippen LogP contribution in [0.1, 0.15) is 58.1 Å². The molecule has 2 fully saturated rings. The molecule has 0 saturated carbocycles. The highest BCUT2D eigenvalue weighted by Crippen LogP contribution is 2.33. The van der Waals surface area contributed by atoms with Crippen molar-refractivity contribution < 1.29 is 24.2 Å². The van der Waals surface area contributed by atoms with Crippen molar-refractivity contribution in [3.05, 3.63) is 23.9 Å². The van der Waals surface area contributed by atoms with Crippen molar-refractivity contribution in [1.29, 1.82) is 0 Å². The Kier molecular flexibility index (Phi) is 7.02. The van der Waals surface area contributed by atoms with Crippen molar-refractivity contribution in [1.82, 2.24) is 20.0 Å². The van der Waals surface area contributed by atoms with Crippen LogP contribution in [0.25, 0.3) is 10.9 Å². The molecule has 2 aliphatic heterocycles. The molecule has 2 N–H and O–H groups in total. The summed E-state index contributed by atoms with van der Waals surface area (Å²) >= 11 is 0. The number of anilines is 1. The number of carbonyl (C=O) groups is 3. The lowest BCUT2D eigenvalue weighted by Crippen LogP contribution is -2.48. The number of aliphatic hydroxyl groups excluding tert-OH is 1. The van der Waals surface area contributed by atoms with E-state index in [2.05, 4.69) is 15.3 Å². The molecule has 0 spiro atoms. The third kappa shape index (κ3) is 5.42. The Balaban J connectivity index is 1.53. The van der Waals surface area contributed by atoms with E-state index in [9.17, 15) is 19.5 Å². The summed E-state index contributed by atoms with van der Waals surface area (Å²) in [5, 5.41) is 17.7. The third-order valence-electron chi connectivity index (χ3n) is 6.66. The number of aliphatic hydroxyl groups is 1. The highest BCUT2D eigenvalue weighted by atomic mass is 16.6. The molecule has 1 unspecified atom stereocenters. The van der Waals surface area contributed by atoms with Crippen molar-refractivity contribution in [2.75, 3.05) is 31.1 Å². The Morgan fingerprint density at radius 2 is 1.94 bits per heavy atom. The number of likely N-dealkylation sites (tertiary alicyclic amines) is 1. The number of hydrogen-bond acceptors (Lipinski definition) is 7. The van der Waals surface area contributed by atoms with Crippen LogP contribution in [-0.2, 0) is 21.4 Å². The van der Waals surface area contributed by atoms with E-state index < -0.39 is 11.5 Å². The number of benzene rings is 1. The van der Waals surface area contributed by atoms with Crippen molar-refractivity contribution in [3.8, 4) is 0 Å². The van der Waals surface area contributed by atoms with Crippen molar-refractivity contribution in [2.24, 2.45) is 7.05 Å². The highest BCUT2D eigenvalue weighted by molar-refractivity contribution is 6.02. The first-order valence-electron chi connectivity index (χ1n) is 12.2. The molecule has 0 radical (unpaired) electrons. The number of amides is 3. The van der Waals surface area contributed by atoms with E-state index in [4.69, 9.17) is 4.74 Å². The number of rotatable bonds is 5. The van der Waals surface area contributed by atoms with E-state index in [1.807, 2.05) is 46.0 Å². The molecule has 1 aromatic carbocycles. The second-order valence-corrected chi connectivity index (χ2v) is 10.3. The van der Waals surface area contributed by atoms with E-state index in [-0.39, 0.29) is 30.6 Å². The fraction of sp³-hybridized carbons (Fsp3) is 0.600. The second kappa shape index (κ2) is 9.85. The molecule has 0 bridgehead atoms. The van der Waals surface area contributed by atoms with Crippen molar-refractivity contribution in [2.45, 2.75) is 64.0 Å². The first-order valence-corrected chi connectivity index (χ1v) is 12.2. The summed E-state index contributed by atoms with van der Waals surface area (Å²) in [5.41, 5.74) is 2.00. The van der Waals surface area contributed by atoms with Gasteiger partial charge in [-0.2, -0.15) is 5.10 Å². The predicted octanol–water partition coefficient (Wildman–Crippen LogP) is 2.29.